The third-order valence-corrected chi connectivity index (χ3v) is 96.4. The average Bonchev–Trinajstić information content (AvgIpc) is 2.71. The second-order valence-electron chi connectivity index (χ2n) is 7.17. The summed E-state index contributed by atoms with van der Waals surface area (Å²) in [7, 11) is 0. The SMILES string of the molecule is IC(I)C(I)(I)C(I)(I)C(I)(I)C(I)(I)C(I)(I)C(I)(I)C(I)(I)C(I)(I)C(I)(I)C(I)(I)C(I)(I)C(I)(I)I. The summed E-state index contributed by atoms with van der Waals surface area (Å²) in [6.45, 7) is 0. The van der Waals surface area contributed by atoms with E-state index in [2.05, 4.69) is 610 Å². The molecule has 0 saturated heterocycles. The summed E-state index contributed by atoms with van der Waals surface area (Å²) in [6.07, 6.45) is 0. The minimum absolute atomic E-state index is 0.0298. The van der Waals surface area contributed by atoms with Gasteiger partial charge in [-0.2, -0.15) is 0 Å². The van der Waals surface area contributed by atoms with Gasteiger partial charge < -0.3 is 0 Å². The summed E-state index contributed by atoms with van der Waals surface area (Å²) in [5, 5.41) is 0. The molecule has 0 fully saturated rings. The molecule has 0 spiro atoms. The van der Waals surface area contributed by atoms with Crippen molar-refractivity contribution in [3.05, 3.63) is 0 Å². The Kier molecular flexibility index (Phi) is 32.5. The maximum atomic E-state index is 2.82. The fourth-order valence-electron chi connectivity index (χ4n) is 2.10. The van der Waals surface area contributed by atoms with Gasteiger partial charge in [-0.15, -0.1) is 0 Å². The van der Waals surface area contributed by atoms with Crippen molar-refractivity contribution < 1.29 is 0 Å². The van der Waals surface area contributed by atoms with Gasteiger partial charge in [0.1, 0.15) is 15.1 Å². The first-order valence-corrected chi connectivity index (χ1v) is 37.7. The molecular formula is C13HI27. The van der Waals surface area contributed by atoms with Crippen LogP contribution in [0.5, 0.6) is 0 Å². The van der Waals surface area contributed by atoms with Crippen LogP contribution < -0.4 is 0 Å². The van der Waals surface area contributed by atoms with Crippen LogP contribution in [0.25, 0.3) is 0 Å². The molecule has 0 unspecified atom stereocenters. The molecule has 0 bridgehead atoms. The standard InChI is InChI=1S/C13HI27/c14-1(15)2(16,17)3(18,19)4(20,21)5(22,23)6(24,25)7(26,27)8(28,29)9(30,31)10(32,33)11(34,35)12(36,37)13(38,39)40/h1H. The summed E-state index contributed by atoms with van der Waals surface area (Å²) >= 11 is 74.2. The fraction of sp³-hybridized carbons (Fsp3) is 1.00. The van der Waals surface area contributed by atoms with Crippen molar-refractivity contribution in [1.82, 2.24) is 0 Å². The van der Waals surface area contributed by atoms with E-state index in [0.717, 1.165) is 0 Å². The zero-order chi connectivity index (χ0) is 33.6. The molecule has 0 aliphatic carbocycles. The third-order valence-electron chi connectivity index (χ3n) is 4.60. The fourth-order valence-corrected chi connectivity index (χ4v) is 44.3. The van der Waals surface area contributed by atoms with Gasteiger partial charge in [0, 0.05) is 0 Å². The van der Waals surface area contributed by atoms with Crippen LogP contribution in [0.2, 0.25) is 0 Å². The van der Waals surface area contributed by atoms with Gasteiger partial charge in [-0.05, 0) is 0 Å². The summed E-state index contributed by atoms with van der Waals surface area (Å²) in [5.74, 6) is 0. The zero-order valence-electron chi connectivity index (χ0n) is 16.8. The van der Waals surface area contributed by atoms with Crippen LogP contribution >= 0.6 is 610 Å². The number of halogens is 27. The minimum Gasteiger partial charge on any atom is -0.0686 e. The normalized spacial score (nSPS) is 17.1. The van der Waals surface area contributed by atoms with Crippen LogP contribution in [0, 0.1) is 0 Å². The maximum Gasteiger partial charge on any atom is 0.149 e. The molecule has 0 aromatic carbocycles. The molecule has 0 rings (SSSR count). The van der Waals surface area contributed by atoms with Crippen molar-refractivity contribution in [2.75, 3.05) is 0 Å². The molecule has 27 heteroatoms. The van der Waals surface area contributed by atoms with Crippen LogP contribution in [0.3, 0.4) is 0 Å². The minimum atomic E-state index is -0.166. The molecule has 0 aliphatic heterocycles. The highest BCUT2D eigenvalue weighted by Gasteiger charge is 2.81. The highest BCUT2D eigenvalue weighted by atomic mass is 127. The van der Waals surface area contributed by atoms with Gasteiger partial charge >= 0.3 is 0 Å². The quantitative estimate of drug-likeness (QED) is 0.135. The molecule has 0 N–H and O–H groups in total. The second-order valence-corrected chi connectivity index (χ2v) is 81.6. The van der Waals surface area contributed by atoms with E-state index >= 15 is 0 Å². The molecule has 0 aliphatic rings. The molecule has 40 heavy (non-hydrogen) atoms. The zero-order valence-corrected chi connectivity index (χ0v) is 75.0. The van der Waals surface area contributed by atoms with E-state index in [0.29, 0.717) is 1.93 Å². The van der Waals surface area contributed by atoms with Crippen molar-refractivity contribution in [3.8, 4) is 0 Å². The van der Waals surface area contributed by atoms with Crippen LogP contribution in [0.1, 0.15) is 0 Å². The van der Waals surface area contributed by atoms with Gasteiger partial charge in [-0.3, -0.25) is 0 Å². The first-order valence-electron chi connectivity index (χ1n) is 8.20. The predicted molar refractivity (Wildman–Crippen MR) is 415 cm³/mol. The predicted octanol–water partition coefficient (Wildman–Crippen LogP) is 21.4. The Morgan fingerprint density at radius 2 is 0.375 bits per heavy atom. The summed E-state index contributed by atoms with van der Waals surface area (Å²) in [4.78, 5) is 0. The highest BCUT2D eigenvalue weighted by molar-refractivity contribution is 14.3. The molecule has 0 nitrogen and oxygen atoms in total. The van der Waals surface area contributed by atoms with E-state index in [1.165, 1.54) is 0 Å². The topological polar surface area (TPSA) is 0 Å². The number of rotatable bonds is 12. The van der Waals surface area contributed by atoms with Crippen molar-refractivity contribution in [2.45, 2.75) is 17.1 Å². The van der Waals surface area contributed by atoms with E-state index in [1.807, 2.05) is 0 Å². The Hall–Kier alpha value is 19.7. The molecule has 0 atom stereocenters. The first-order chi connectivity index (χ1) is 16.7. The molecule has 0 heterocycles. The molecule has 242 valence electrons. The lowest BCUT2D eigenvalue weighted by Gasteiger charge is -2.61. The van der Waals surface area contributed by atoms with Crippen LogP contribution in [0.15, 0.2) is 0 Å². The lowest BCUT2D eigenvalue weighted by atomic mass is 10.0. The summed E-state index contributed by atoms with van der Waals surface area (Å²) in [6, 6.07) is 0. The molecule has 0 aromatic rings. The Labute approximate surface area is 605 Å². The Morgan fingerprint density at radius 1 is 0.225 bits per heavy atom. The number of alkyl halides is 27. The van der Waals surface area contributed by atoms with Crippen molar-refractivity contribution in [1.29, 1.82) is 0 Å². The van der Waals surface area contributed by atoms with Crippen LogP contribution in [-0.4, -0.2) is 17.1 Å². The third kappa shape index (κ3) is 11.9. The molecule has 0 amide bonds. The molecule has 0 radical (unpaired) electrons. The monoisotopic (exact) mass is 3580 g/mol. The Morgan fingerprint density at radius 3 is 0.525 bits per heavy atom. The Balaban J connectivity index is 7.35. The van der Waals surface area contributed by atoms with Gasteiger partial charge in [-0.1, -0.05) is 610 Å². The summed E-state index contributed by atoms with van der Waals surface area (Å²) in [5.41, 5.74) is 0. The maximum absolute atomic E-state index is 2.82. The van der Waals surface area contributed by atoms with Crippen molar-refractivity contribution in [2.24, 2.45) is 0 Å². The first kappa shape index (κ1) is 59.7. The van der Waals surface area contributed by atoms with Gasteiger partial charge in [0.25, 0.3) is 0 Å². The van der Waals surface area contributed by atoms with Crippen LogP contribution in [0.4, 0.5) is 0 Å². The van der Waals surface area contributed by atoms with E-state index in [-0.39, 0.29) is 15.1 Å². The van der Waals surface area contributed by atoms with Gasteiger partial charge in [0.05, 0.1) is 1.93 Å². The van der Waals surface area contributed by atoms with Crippen molar-refractivity contribution >= 4 is 610 Å². The number of hydrogen-bond donors (Lipinski definition) is 0. The lowest BCUT2D eigenvalue weighted by molar-refractivity contribution is 0.632. The van der Waals surface area contributed by atoms with E-state index in [9.17, 15) is 0 Å². The van der Waals surface area contributed by atoms with Gasteiger partial charge in [0.15, 0.2) is 0 Å². The van der Waals surface area contributed by atoms with E-state index in [4.69, 9.17) is 0 Å². The smallest absolute Gasteiger partial charge is 0.0686 e. The molecule has 0 saturated carbocycles. The largest absolute Gasteiger partial charge is 0.149 e. The van der Waals surface area contributed by atoms with Gasteiger partial charge in [0.2, 0.25) is 0 Å². The average molecular weight is 3580 g/mol. The van der Waals surface area contributed by atoms with Crippen molar-refractivity contribution in [3.63, 3.8) is 0 Å². The second kappa shape index (κ2) is 21.8. The van der Waals surface area contributed by atoms with Gasteiger partial charge in [-0.25, -0.2) is 0 Å². The molecular weight excluding hydrogens is 3580 g/mol. The molecule has 0 aromatic heterocycles. The van der Waals surface area contributed by atoms with E-state index in [1.54, 1.807) is 0 Å². The highest BCUT2D eigenvalue weighted by Crippen LogP contribution is 2.83. The Bertz CT molecular complexity index is 915. The number of hydrogen-bond acceptors (Lipinski definition) is 0. The van der Waals surface area contributed by atoms with E-state index < -0.39 is 0 Å². The van der Waals surface area contributed by atoms with Crippen LogP contribution in [-0.2, 0) is 0 Å². The lowest BCUT2D eigenvalue weighted by Crippen LogP contribution is -2.71. The summed E-state index contributed by atoms with van der Waals surface area (Å²) < 4.78 is -0.648.